The van der Waals surface area contributed by atoms with E-state index < -0.39 is 0 Å². The number of benzene rings is 1. The highest BCUT2D eigenvalue weighted by molar-refractivity contribution is 5.49. The molecule has 1 aromatic carbocycles. The molecule has 0 spiro atoms. The van der Waals surface area contributed by atoms with Gasteiger partial charge in [-0.05, 0) is 18.9 Å². The van der Waals surface area contributed by atoms with Gasteiger partial charge < -0.3 is 17.0 Å². The van der Waals surface area contributed by atoms with E-state index in [2.05, 4.69) is 52.3 Å². The molecule has 0 amide bonds. The van der Waals surface area contributed by atoms with Gasteiger partial charge in [0.15, 0.2) is 0 Å². The third-order valence-electron chi connectivity index (χ3n) is 3.76. The molecule has 0 atom stereocenters. The Morgan fingerprint density at radius 3 is 1.95 bits per heavy atom. The molecule has 0 bridgehead atoms. The Hall–Kier alpha value is -0.340. The summed E-state index contributed by atoms with van der Waals surface area (Å²) in [6.45, 7) is 2.28. The van der Waals surface area contributed by atoms with E-state index in [9.17, 15) is 0 Å². The van der Waals surface area contributed by atoms with Crippen molar-refractivity contribution in [2.45, 2.75) is 58.3 Å². The average molecular weight is 342 g/mol. The molecule has 0 aliphatic heterocycles. The number of rotatable bonds is 9. The maximum absolute atomic E-state index is 2.30. The van der Waals surface area contributed by atoms with Crippen molar-refractivity contribution < 1.29 is 17.0 Å². The molecule has 116 valence electrons. The van der Waals surface area contributed by atoms with Crippen LogP contribution in [0.2, 0.25) is 0 Å². The first-order valence-corrected chi connectivity index (χ1v) is 7.95. The van der Waals surface area contributed by atoms with Crippen molar-refractivity contribution in [3.05, 3.63) is 29.8 Å². The van der Waals surface area contributed by atoms with Crippen molar-refractivity contribution in [3.8, 4) is 0 Å². The second-order valence-electron chi connectivity index (χ2n) is 6.51. The molecule has 0 radical (unpaired) electrons. The highest BCUT2D eigenvalue weighted by atomic mass is 79.9. The van der Waals surface area contributed by atoms with Crippen molar-refractivity contribution in [3.63, 3.8) is 0 Å². The van der Waals surface area contributed by atoms with Crippen LogP contribution in [0.4, 0.5) is 5.69 Å². The molecule has 0 heterocycles. The van der Waals surface area contributed by atoms with Crippen molar-refractivity contribution in [1.29, 1.82) is 0 Å². The highest BCUT2D eigenvalue weighted by Gasteiger charge is 2.15. The molecular formula is C18H32BrN. The summed E-state index contributed by atoms with van der Waals surface area (Å²) in [7, 11) is 6.76. The maximum atomic E-state index is 2.30. The zero-order valence-electron chi connectivity index (χ0n) is 13.8. The molecule has 0 aliphatic rings. The van der Waals surface area contributed by atoms with E-state index in [1.54, 1.807) is 0 Å². The third kappa shape index (κ3) is 7.44. The molecule has 2 heteroatoms. The van der Waals surface area contributed by atoms with Gasteiger partial charge in [-0.2, -0.15) is 0 Å². The van der Waals surface area contributed by atoms with E-state index in [0.717, 1.165) is 4.48 Å². The van der Waals surface area contributed by atoms with Crippen molar-refractivity contribution >= 4 is 5.69 Å². The van der Waals surface area contributed by atoms with Crippen LogP contribution in [0.15, 0.2) is 24.3 Å². The van der Waals surface area contributed by atoms with Gasteiger partial charge in [-0.3, -0.25) is 4.48 Å². The van der Waals surface area contributed by atoms with Crippen molar-refractivity contribution in [1.82, 2.24) is 4.48 Å². The lowest BCUT2D eigenvalue weighted by Crippen LogP contribution is -3.00. The predicted molar refractivity (Wildman–Crippen MR) is 87.7 cm³/mol. The largest absolute Gasteiger partial charge is 1.00 e. The normalized spacial score (nSPS) is 11.2. The van der Waals surface area contributed by atoms with Crippen LogP contribution in [0.5, 0.6) is 0 Å². The fourth-order valence-electron chi connectivity index (χ4n) is 2.65. The summed E-state index contributed by atoms with van der Waals surface area (Å²) >= 11 is 0. The fraction of sp³-hybridized carbons (Fsp3) is 0.667. The van der Waals surface area contributed by atoms with Crippen molar-refractivity contribution in [2.75, 3.05) is 21.1 Å². The van der Waals surface area contributed by atoms with E-state index in [1.165, 1.54) is 62.6 Å². The first kappa shape index (κ1) is 19.7. The standard InChI is InChI=1S/C18H32N.BrH/c1-5-6-7-8-9-10-11-14-17-15-12-13-16-18(17)19(2,3)4;/h12-13,15-16H,5-11,14H2,1-4H3;1H/q+1;/p-1. The molecule has 0 aromatic heterocycles. The Labute approximate surface area is 136 Å². The van der Waals surface area contributed by atoms with Gasteiger partial charge in [0.1, 0.15) is 5.69 Å². The summed E-state index contributed by atoms with van der Waals surface area (Å²) in [5, 5.41) is 0. The van der Waals surface area contributed by atoms with Gasteiger partial charge in [0, 0.05) is 5.56 Å². The number of halogens is 1. The second-order valence-corrected chi connectivity index (χ2v) is 6.51. The number of unbranched alkanes of at least 4 members (excludes halogenated alkanes) is 6. The molecule has 0 aliphatic carbocycles. The van der Waals surface area contributed by atoms with Crippen LogP contribution in [0.1, 0.15) is 57.4 Å². The fourth-order valence-corrected chi connectivity index (χ4v) is 2.65. The average Bonchev–Trinajstić information content (AvgIpc) is 2.37. The van der Waals surface area contributed by atoms with Gasteiger partial charge in [0.2, 0.25) is 0 Å². The Balaban J connectivity index is 0.00000361. The Bertz CT molecular complexity index is 355. The van der Waals surface area contributed by atoms with E-state index >= 15 is 0 Å². The predicted octanol–water partition coefficient (Wildman–Crippen LogP) is 2.18. The smallest absolute Gasteiger partial charge is 0.135 e. The molecule has 0 saturated heterocycles. The number of quaternary nitrogens is 1. The number of hydrogen-bond acceptors (Lipinski definition) is 0. The first-order chi connectivity index (χ1) is 9.05. The molecule has 0 N–H and O–H groups in total. The van der Waals surface area contributed by atoms with Gasteiger partial charge in [-0.25, -0.2) is 0 Å². The molecule has 1 aromatic rings. The number of aryl methyl sites for hydroxylation is 1. The molecule has 0 unspecified atom stereocenters. The summed E-state index contributed by atoms with van der Waals surface area (Å²) in [6, 6.07) is 8.91. The van der Waals surface area contributed by atoms with Gasteiger partial charge in [0.05, 0.1) is 21.1 Å². The van der Waals surface area contributed by atoms with Crippen LogP contribution in [0, 0.1) is 0 Å². The minimum absolute atomic E-state index is 0. The first-order valence-electron chi connectivity index (χ1n) is 7.95. The van der Waals surface area contributed by atoms with Gasteiger partial charge in [-0.1, -0.05) is 63.6 Å². The van der Waals surface area contributed by atoms with E-state index in [-0.39, 0.29) is 17.0 Å². The summed E-state index contributed by atoms with van der Waals surface area (Å²) in [6.07, 6.45) is 11.0. The van der Waals surface area contributed by atoms with Crippen LogP contribution >= 0.6 is 0 Å². The SMILES string of the molecule is CCCCCCCCCc1ccccc1[N+](C)(C)C.[Br-]. The van der Waals surface area contributed by atoms with E-state index in [0.29, 0.717) is 0 Å². The van der Waals surface area contributed by atoms with Gasteiger partial charge in [0.25, 0.3) is 0 Å². The number of hydrogen-bond donors (Lipinski definition) is 0. The number of nitrogens with zero attached hydrogens (tertiary/aromatic N) is 1. The van der Waals surface area contributed by atoms with Crippen LogP contribution in [0.25, 0.3) is 0 Å². The van der Waals surface area contributed by atoms with Crippen LogP contribution in [0.3, 0.4) is 0 Å². The molecule has 0 saturated carbocycles. The number of para-hydroxylation sites is 1. The zero-order valence-corrected chi connectivity index (χ0v) is 15.4. The molecule has 1 rings (SSSR count). The summed E-state index contributed by atoms with van der Waals surface area (Å²) in [4.78, 5) is 0. The minimum atomic E-state index is 0. The quantitative estimate of drug-likeness (QED) is 0.477. The second kappa shape index (κ2) is 10.4. The van der Waals surface area contributed by atoms with Crippen LogP contribution in [-0.2, 0) is 6.42 Å². The van der Waals surface area contributed by atoms with Gasteiger partial charge >= 0.3 is 0 Å². The van der Waals surface area contributed by atoms with Crippen LogP contribution in [-0.4, -0.2) is 21.1 Å². The summed E-state index contributed by atoms with van der Waals surface area (Å²) in [5.41, 5.74) is 3.00. The lowest BCUT2D eigenvalue weighted by atomic mass is 10.0. The molecule has 0 fully saturated rings. The van der Waals surface area contributed by atoms with Crippen LogP contribution < -0.4 is 21.5 Å². The minimum Gasteiger partial charge on any atom is -1.00 e. The zero-order chi connectivity index (χ0) is 14.1. The van der Waals surface area contributed by atoms with E-state index in [4.69, 9.17) is 0 Å². The molecule has 1 nitrogen and oxygen atoms in total. The maximum Gasteiger partial charge on any atom is 0.135 e. The van der Waals surface area contributed by atoms with Gasteiger partial charge in [-0.15, -0.1) is 0 Å². The Kier molecular flexibility index (Phi) is 10.2. The highest BCUT2D eigenvalue weighted by Crippen LogP contribution is 2.24. The van der Waals surface area contributed by atoms with Crippen molar-refractivity contribution in [2.24, 2.45) is 0 Å². The summed E-state index contributed by atoms with van der Waals surface area (Å²) < 4.78 is 0.923. The lowest BCUT2D eigenvalue weighted by Gasteiger charge is -2.26. The lowest BCUT2D eigenvalue weighted by molar-refractivity contribution is -0.00000440. The monoisotopic (exact) mass is 341 g/mol. The molecule has 20 heavy (non-hydrogen) atoms. The molecular weight excluding hydrogens is 310 g/mol. The Morgan fingerprint density at radius 1 is 0.800 bits per heavy atom. The summed E-state index contributed by atoms with van der Waals surface area (Å²) in [5.74, 6) is 0. The topological polar surface area (TPSA) is 0 Å². The third-order valence-corrected chi connectivity index (χ3v) is 3.76. The van der Waals surface area contributed by atoms with E-state index in [1.807, 2.05) is 0 Å². The Morgan fingerprint density at radius 2 is 1.35 bits per heavy atom.